The van der Waals surface area contributed by atoms with Gasteiger partial charge in [0, 0.05) is 24.6 Å². The number of rotatable bonds is 6. The predicted molar refractivity (Wildman–Crippen MR) is 121 cm³/mol. The minimum absolute atomic E-state index is 0.0354. The first-order valence-electron chi connectivity index (χ1n) is 9.39. The van der Waals surface area contributed by atoms with E-state index < -0.39 is 0 Å². The Morgan fingerprint density at radius 2 is 1.82 bits per heavy atom. The average molecular weight is 407 g/mol. The van der Waals surface area contributed by atoms with Crippen LogP contribution < -0.4 is 4.80 Å². The summed E-state index contributed by atoms with van der Waals surface area (Å²) in [5.41, 5.74) is 2.45. The van der Waals surface area contributed by atoms with Gasteiger partial charge in [0.15, 0.2) is 4.80 Å². The molecule has 28 heavy (non-hydrogen) atoms. The molecule has 3 aromatic carbocycles. The zero-order valence-electron chi connectivity index (χ0n) is 15.8. The van der Waals surface area contributed by atoms with Crippen molar-refractivity contribution >= 4 is 50.0 Å². The highest BCUT2D eigenvalue weighted by molar-refractivity contribution is 7.98. The van der Waals surface area contributed by atoms with Crippen molar-refractivity contribution in [2.75, 3.05) is 5.75 Å². The summed E-state index contributed by atoms with van der Waals surface area (Å²) in [5.74, 6) is 1.93. The summed E-state index contributed by atoms with van der Waals surface area (Å²) in [6.45, 7) is 0. The summed E-state index contributed by atoms with van der Waals surface area (Å²) in [7, 11) is 1.98. The van der Waals surface area contributed by atoms with E-state index in [1.54, 1.807) is 11.3 Å². The Morgan fingerprint density at radius 3 is 2.68 bits per heavy atom. The number of benzene rings is 3. The van der Waals surface area contributed by atoms with Gasteiger partial charge in [0.1, 0.15) is 0 Å². The molecule has 0 atom stereocenters. The quantitative estimate of drug-likeness (QED) is 0.394. The number of thiazole rings is 1. The second-order valence-electron chi connectivity index (χ2n) is 6.73. The summed E-state index contributed by atoms with van der Waals surface area (Å²) in [6.07, 6.45) is 1.36. The van der Waals surface area contributed by atoms with Crippen molar-refractivity contribution in [1.82, 2.24) is 4.57 Å². The molecule has 4 rings (SSSR count). The SMILES string of the molecule is Cn1c(=NC(=O)CCCSCc2ccccc2)sc2c3ccccc3ccc21. The van der Waals surface area contributed by atoms with Gasteiger partial charge in [0.05, 0.1) is 10.2 Å². The highest BCUT2D eigenvalue weighted by Crippen LogP contribution is 2.27. The Morgan fingerprint density at radius 1 is 1.04 bits per heavy atom. The number of nitrogens with zero attached hydrogens (tertiary/aromatic N) is 2. The summed E-state index contributed by atoms with van der Waals surface area (Å²) >= 11 is 3.46. The van der Waals surface area contributed by atoms with E-state index >= 15 is 0 Å². The molecule has 0 spiro atoms. The molecule has 1 heterocycles. The van der Waals surface area contributed by atoms with Crippen LogP contribution >= 0.6 is 23.1 Å². The Kier molecular flexibility index (Phi) is 5.93. The molecule has 0 fully saturated rings. The van der Waals surface area contributed by atoms with Crippen molar-refractivity contribution in [2.45, 2.75) is 18.6 Å². The molecule has 0 radical (unpaired) electrons. The minimum Gasteiger partial charge on any atom is -0.319 e. The van der Waals surface area contributed by atoms with Crippen molar-refractivity contribution in [2.24, 2.45) is 12.0 Å². The first kappa shape index (κ1) is 19.0. The summed E-state index contributed by atoms with van der Waals surface area (Å²) in [4.78, 5) is 17.5. The number of carbonyl (C=O) groups excluding carboxylic acids is 1. The molecule has 1 aromatic heterocycles. The number of aryl methyl sites for hydroxylation is 1. The molecule has 0 saturated heterocycles. The van der Waals surface area contributed by atoms with Gasteiger partial charge in [-0.15, -0.1) is 0 Å². The lowest BCUT2D eigenvalue weighted by Crippen LogP contribution is -2.13. The molecule has 0 aliphatic carbocycles. The Labute approximate surface area is 172 Å². The van der Waals surface area contributed by atoms with Gasteiger partial charge in [-0.05, 0) is 29.2 Å². The molecule has 0 N–H and O–H groups in total. The van der Waals surface area contributed by atoms with Crippen LogP contribution in [0.4, 0.5) is 0 Å². The maximum Gasteiger partial charge on any atom is 0.248 e. The molecule has 0 aliphatic rings. The van der Waals surface area contributed by atoms with Gasteiger partial charge in [-0.3, -0.25) is 4.79 Å². The van der Waals surface area contributed by atoms with E-state index in [2.05, 4.69) is 59.6 Å². The summed E-state index contributed by atoms with van der Waals surface area (Å²) in [6, 6.07) is 23.0. The molecule has 0 unspecified atom stereocenters. The van der Waals surface area contributed by atoms with E-state index in [0.29, 0.717) is 6.42 Å². The van der Waals surface area contributed by atoms with E-state index in [9.17, 15) is 4.79 Å². The monoisotopic (exact) mass is 406 g/mol. The lowest BCUT2D eigenvalue weighted by molar-refractivity contribution is -0.118. The number of aromatic nitrogens is 1. The molecular weight excluding hydrogens is 384 g/mol. The zero-order valence-corrected chi connectivity index (χ0v) is 17.4. The number of carbonyl (C=O) groups is 1. The Bertz CT molecular complexity index is 1180. The average Bonchev–Trinajstić information content (AvgIpc) is 3.04. The largest absolute Gasteiger partial charge is 0.319 e. The molecule has 5 heteroatoms. The van der Waals surface area contributed by atoms with Crippen LogP contribution in [0.25, 0.3) is 21.0 Å². The predicted octanol–water partition coefficient (Wildman–Crippen LogP) is 5.53. The fourth-order valence-corrected chi connectivity index (χ4v) is 5.31. The van der Waals surface area contributed by atoms with Gasteiger partial charge in [-0.2, -0.15) is 16.8 Å². The maximum absolute atomic E-state index is 12.4. The highest BCUT2D eigenvalue weighted by atomic mass is 32.2. The zero-order chi connectivity index (χ0) is 19.3. The molecular formula is C23H22N2OS2. The molecule has 4 aromatic rings. The summed E-state index contributed by atoms with van der Waals surface area (Å²) in [5, 5.41) is 2.43. The first-order valence-corrected chi connectivity index (χ1v) is 11.4. The Hall–Kier alpha value is -2.37. The highest BCUT2D eigenvalue weighted by Gasteiger charge is 2.08. The van der Waals surface area contributed by atoms with E-state index in [1.165, 1.54) is 21.0 Å². The third-order valence-corrected chi connectivity index (χ3v) is 7.01. The van der Waals surface area contributed by atoms with Crippen LogP contribution in [0.2, 0.25) is 0 Å². The minimum atomic E-state index is -0.0354. The second-order valence-corrected chi connectivity index (χ2v) is 8.81. The van der Waals surface area contributed by atoms with Crippen LogP contribution in [0.1, 0.15) is 18.4 Å². The van der Waals surface area contributed by atoms with E-state index in [1.807, 2.05) is 35.5 Å². The Balaban J connectivity index is 1.42. The van der Waals surface area contributed by atoms with Crippen molar-refractivity contribution in [1.29, 1.82) is 0 Å². The molecule has 1 amide bonds. The third-order valence-electron chi connectivity index (χ3n) is 4.71. The third kappa shape index (κ3) is 4.21. The number of amides is 1. The smallest absolute Gasteiger partial charge is 0.248 e. The van der Waals surface area contributed by atoms with Crippen molar-refractivity contribution in [3.63, 3.8) is 0 Å². The number of thioether (sulfide) groups is 1. The summed E-state index contributed by atoms with van der Waals surface area (Å²) < 4.78 is 3.21. The first-order chi connectivity index (χ1) is 13.7. The van der Waals surface area contributed by atoms with Gasteiger partial charge in [0.25, 0.3) is 0 Å². The fourth-order valence-electron chi connectivity index (χ4n) is 3.22. The van der Waals surface area contributed by atoms with Crippen LogP contribution in [-0.4, -0.2) is 16.2 Å². The molecule has 0 saturated carbocycles. The number of fused-ring (bicyclic) bond motifs is 3. The van der Waals surface area contributed by atoms with Gasteiger partial charge in [-0.1, -0.05) is 72.0 Å². The van der Waals surface area contributed by atoms with Crippen LogP contribution in [-0.2, 0) is 17.6 Å². The van der Waals surface area contributed by atoms with Crippen LogP contribution in [0.15, 0.2) is 71.7 Å². The molecule has 142 valence electrons. The van der Waals surface area contributed by atoms with Crippen molar-refractivity contribution in [3.05, 3.63) is 77.1 Å². The van der Waals surface area contributed by atoms with Crippen LogP contribution in [0.5, 0.6) is 0 Å². The van der Waals surface area contributed by atoms with E-state index in [4.69, 9.17) is 0 Å². The van der Waals surface area contributed by atoms with Gasteiger partial charge >= 0.3 is 0 Å². The maximum atomic E-state index is 12.4. The van der Waals surface area contributed by atoms with Crippen molar-refractivity contribution < 1.29 is 4.79 Å². The molecule has 0 bridgehead atoms. The van der Waals surface area contributed by atoms with Gasteiger partial charge in [-0.25, -0.2) is 0 Å². The lowest BCUT2D eigenvalue weighted by atomic mass is 10.1. The standard InChI is InChI=1S/C23H22N2OS2/c1-25-20-14-13-18-10-5-6-11-19(18)22(20)28-23(25)24-21(26)12-7-15-27-16-17-8-3-2-4-9-17/h2-6,8-11,13-14H,7,12,15-16H2,1H3. The van der Waals surface area contributed by atoms with Crippen LogP contribution in [0.3, 0.4) is 0 Å². The van der Waals surface area contributed by atoms with Gasteiger partial charge in [0.2, 0.25) is 5.91 Å². The molecule has 0 aliphatic heterocycles. The molecule has 3 nitrogen and oxygen atoms in total. The van der Waals surface area contributed by atoms with Gasteiger partial charge < -0.3 is 4.57 Å². The topological polar surface area (TPSA) is 34.4 Å². The number of hydrogen-bond acceptors (Lipinski definition) is 3. The second kappa shape index (κ2) is 8.76. The normalized spacial score (nSPS) is 12.1. The van der Waals surface area contributed by atoms with E-state index in [0.717, 1.165) is 28.2 Å². The number of hydrogen-bond donors (Lipinski definition) is 0. The van der Waals surface area contributed by atoms with Crippen molar-refractivity contribution in [3.8, 4) is 0 Å². The van der Waals surface area contributed by atoms with E-state index in [-0.39, 0.29) is 5.91 Å². The fraction of sp³-hybridized carbons (Fsp3) is 0.217. The lowest BCUT2D eigenvalue weighted by Gasteiger charge is -2.01. The van der Waals surface area contributed by atoms with Crippen LogP contribution in [0, 0.1) is 0 Å².